The van der Waals surface area contributed by atoms with Crippen LogP contribution in [-0.4, -0.2) is 62.1 Å². The summed E-state index contributed by atoms with van der Waals surface area (Å²) in [5.41, 5.74) is 5.83. The minimum Gasteiger partial charge on any atom is -0.383 e. The first-order chi connectivity index (χ1) is 8.84. The van der Waals surface area contributed by atoms with Crippen molar-refractivity contribution in [2.45, 2.75) is 11.8 Å². The van der Waals surface area contributed by atoms with Crippen LogP contribution >= 0.6 is 0 Å². The Morgan fingerprint density at radius 3 is 2.32 bits per heavy atom. The van der Waals surface area contributed by atoms with Crippen LogP contribution in [0.1, 0.15) is 6.92 Å². The van der Waals surface area contributed by atoms with Crippen LogP contribution in [-0.2, 0) is 16.9 Å². The highest BCUT2D eigenvalue weighted by Gasteiger charge is 2.28. The van der Waals surface area contributed by atoms with E-state index in [2.05, 4.69) is 16.9 Å². The zero-order valence-corrected chi connectivity index (χ0v) is 12.4. The molecule has 2 heterocycles. The molecule has 7 nitrogen and oxygen atoms in total. The predicted octanol–water partition coefficient (Wildman–Crippen LogP) is -0.452. The fraction of sp³-hybridized carbons (Fsp3) is 0.727. The third-order valence-corrected chi connectivity index (χ3v) is 4.65. The molecule has 1 aliphatic rings. The average molecular weight is 287 g/mol. The zero-order valence-electron chi connectivity index (χ0n) is 11.6. The monoisotopic (exact) mass is 287 g/mol. The fourth-order valence-corrected chi connectivity index (χ4v) is 3.35. The molecule has 19 heavy (non-hydrogen) atoms. The first-order valence-corrected chi connectivity index (χ1v) is 8.23. The molecule has 2 N–H and O–H groups in total. The third kappa shape index (κ3) is 2.69. The van der Waals surface area contributed by atoms with Gasteiger partial charge in [0, 0.05) is 39.5 Å². The lowest BCUT2D eigenvalue weighted by Crippen LogP contribution is -2.46. The zero-order chi connectivity index (χ0) is 14.2. The predicted molar refractivity (Wildman–Crippen MR) is 75.1 cm³/mol. The van der Waals surface area contributed by atoms with Crippen LogP contribution in [0.4, 0.5) is 11.6 Å². The van der Waals surface area contributed by atoms with Gasteiger partial charge in [-0.25, -0.2) is 13.1 Å². The average Bonchev–Trinajstić information content (AvgIpc) is 2.65. The Labute approximate surface area is 113 Å². The van der Waals surface area contributed by atoms with E-state index in [4.69, 9.17) is 5.73 Å². The highest BCUT2D eigenvalue weighted by Crippen LogP contribution is 2.29. The van der Waals surface area contributed by atoms with Crippen molar-refractivity contribution in [3.8, 4) is 0 Å². The quantitative estimate of drug-likeness (QED) is 0.810. The Morgan fingerprint density at radius 1 is 1.26 bits per heavy atom. The molecule has 0 saturated carbocycles. The van der Waals surface area contributed by atoms with Crippen LogP contribution in [0.3, 0.4) is 0 Å². The highest BCUT2D eigenvalue weighted by molar-refractivity contribution is 7.91. The number of nitrogens with two attached hydrogens (primary N) is 1. The number of hydrogen-bond donors (Lipinski definition) is 1. The van der Waals surface area contributed by atoms with Crippen molar-refractivity contribution < 1.29 is 8.42 Å². The molecule has 1 aromatic rings. The number of rotatable bonds is 3. The van der Waals surface area contributed by atoms with Gasteiger partial charge in [-0.05, 0) is 6.54 Å². The van der Waals surface area contributed by atoms with Gasteiger partial charge in [-0.3, -0.25) is 0 Å². The molecule has 0 unspecified atom stereocenters. The molecule has 1 saturated heterocycles. The maximum atomic E-state index is 11.9. The van der Waals surface area contributed by atoms with Crippen molar-refractivity contribution in [3.05, 3.63) is 0 Å². The Kier molecular flexibility index (Phi) is 3.73. The van der Waals surface area contributed by atoms with Crippen LogP contribution in [0.25, 0.3) is 0 Å². The van der Waals surface area contributed by atoms with Gasteiger partial charge in [-0.2, -0.15) is 5.10 Å². The smallest absolute Gasteiger partial charge is 0.182 e. The van der Waals surface area contributed by atoms with E-state index in [9.17, 15) is 8.42 Å². The van der Waals surface area contributed by atoms with E-state index in [0.29, 0.717) is 5.82 Å². The molecule has 8 heteroatoms. The van der Waals surface area contributed by atoms with Gasteiger partial charge >= 0.3 is 0 Å². The number of piperazine rings is 1. The summed E-state index contributed by atoms with van der Waals surface area (Å²) in [6.45, 7) is 6.50. The van der Waals surface area contributed by atoms with E-state index in [1.165, 1.54) is 10.9 Å². The Morgan fingerprint density at radius 2 is 1.84 bits per heavy atom. The minimum atomic E-state index is -3.38. The lowest BCUT2D eigenvalue weighted by Gasteiger charge is -2.34. The highest BCUT2D eigenvalue weighted by atomic mass is 32.2. The summed E-state index contributed by atoms with van der Waals surface area (Å²) in [5.74, 6) is 0.689. The summed E-state index contributed by atoms with van der Waals surface area (Å²) >= 11 is 0. The van der Waals surface area contributed by atoms with Crippen molar-refractivity contribution in [2.24, 2.45) is 7.05 Å². The summed E-state index contributed by atoms with van der Waals surface area (Å²) in [5, 5.41) is 4.27. The molecule has 108 valence electrons. The van der Waals surface area contributed by atoms with E-state index in [0.717, 1.165) is 32.7 Å². The first kappa shape index (κ1) is 14.1. The van der Waals surface area contributed by atoms with Crippen LogP contribution in [0, 0.1) is 0 Å². The molecular weight excluding hydrogens is 266 g/mol. The molecule has 0 radical (unpaired) electrons. The molecule has 1 aromatic heterocycles. The van der Waals surface area contributed by atoms with Gasteiger partial charge in [0.15, 0.2) is 20.6 Å². The topological polar surface area (TPSA) is 84.5 Å². The minimum absolute atomic E-state index is 0.153. The number of nitrogen functional groups attached to an aromatic ring is 1. The molecule has 1 fully saturated rings. The molecule has 0 bridgehead atoms. The Bertz CT molecular complexity index is 558. The maximum absolute atomic E-state index is 11.9. The van der Waals surface area contributed by atoms with Gasteiger partial charge < -0.3 is 15.5 Å². The van der Waals surface area contributed by atoms with Gasteiger partial charge in [0.1, 0.15) is 5.82 Å². The molecule has 1 aliphatic heterocycles. The van der Waals surface area contributed by atoms with Crippen molar-refractivity contribution in [1.82, 2.24) is 14.7 Å². The number of aryl methyl sites for hydroxylation is 1. The second-order valence-electron chi connectivity index (χ2n) is 4.86. The molecule has 0 aromatic carbocycles. The van der Waals surface area contributed by atoms with E-state index in [1.807, 2.05) is 4.90 Å². The normalized spacial score (nSPS) is 17.9. The maximum Gasteiger partial charge on any atom is 0.182 e. The summed E-state index contributed by atoms with van der Waals surface area (Å²) in [6, 6.07) is 0. The summed E-state index contributed by atoms with van der Waals surface area (Å²) in [4.78, 5) is 4.47. The molecule has 0 amide bonds. The summed E-state index contributed by atoms with van der Waals surface area (Å²) < 4.78 is 25.2. The second-order valence-corrected chi connectivity index (χ2v) is 6.81. The number of sulfone groups is 1. The van der Waals surface area contributed by atoms with Gasteiger partial charge in [-0.15, -0.1) is 0 Å². The van der Waals surface area contributed by atoms with Gasteiger partial charge in [0.25, 0.3) is 0 Å². The SMILES string of the molecule is CCN1CCN(c2nn(C)c(N)c2S(C)(=O)=O)CC1. The fourth-order valence-electron chi connectivity index (χ4n) is 2.34. The van der Waals surface area contributed by atoms with Gasteiger partial charge in [0.2, 0.25) is 0 Å². The van der Waals surface area contributed by atoms with E-state index in [1.54, 1.807) is 7.05 Å². The standard InChI is InChI=1S/C11H21N5O2S/c1-4-15-5-7-16(8-6-15)11-9(19(3,17)18)10(12)14(2)13-11/h4-8,12H2,1-3H3. The van der Waals surface area contributed by atoms with E-state index >= 15 is 0 Å². The lowest BCUT2D eigenvalue weighted by molar-refractivity contribution is 0.270. The third-order valence-electron chi connectivity index (χ3n) is 3.52. The molecule has 0 aliphatic carbocycles. The number of hydrogen-bond acceptors (Lipinski definition) is 6. The van der Waals surface area contributed by atoms with E-state index < -0.39 is 9.84 Å². The van der Waals surface area contributed by atoms with Crippen LogP contribution in [0.2, 0.25) is 0 Å². The lowest BCUT2D eigenvalue weighted by atomic mass is 10.3. The molecule has 0 spiro atoms. The largest absolute Gasteiger partial charge is 0.383 e. The number of anilines is 2. The Balaban J connectivity index is 2.34. The molecular formula is C11H21N5O2S. The molecule has 2 rings (SSSR count). The van der Waals surface area contributed by atoms with Gasteiger partial charge in [-0.1, -0.05) is 6.92 Å². The van der Waals surface area contributed by atoms with Crippen LogP contribution in [0.5, 0.6) is 0 Å². The van der Waals surface area contributed by atoms with Crippen molar-refractivity contribution in [3.63, 3.8) is 0 Å². The van der Waals surface area contributed by atoms with Crippen molar-refractivity contribution in [2.75, 3.05) is 49.6 Å². The van der Waals surface area contributed by atoms with Crippen molar-refractivity contribution in [1.29, 1.82) is 0 Å². The summed E-state index contributed by atoms with van der Waals surface area (Å²) in [7, 11) is -1.71. The number of aromatic nitrogens is 2. The van der Waals surface area contributed by atoms with E-state index in [-0.39, 0.29) is 10.7 Å². The summed E-state index contributed by atoms with van der Waals surface area (Å²) in [6.07, 6.45) is 1.17. The molecule has 0 atom stereocenters. The first-order valence-electron chi connectivity index (χ1n) is 6.34. The van der Waals surface area contributed by atoms with Crippen LogP contribution in [0.15, 0.2) is 4.90 Å². The van der Waals surface area contributed by atoms with Crippen molar-refractivity contribution >= 4 is 21.5 Å². The Hall–Kier alpha value is -1.28. The van der Waals surface area contributed by atoms with Crippen LogP contribution < -0.4 is 10.6 Å². The van der Waals surface area contributed by atoms with Gasteiger partial charge in [0.05, 0.1) is 0 Å². The number of nitrogens with zero attached hydrogens (tertiary/aromatic N) is 4. The number of likely N-dealkylation sites (N-methyl/N-ethyl adjacent to an activating group) is 1. The second kappa shape index (κ2) is 5.01.